The summed E-state index contributed by atoms with van der Waals surface area (Å²) in [6, 6.07) is 2.24. The Balaban J connectivity index is 1.53. The second-order valence-corrected chi connectivity index (χ2v) is 10.5. The number of aliphatic imine (C=N–C) groups is 1. The number of aromatic nitrogens is 2. The Morgan fingerprint density at radius 3 is 2.62 bits per heavy atom. The predicted molar refractivity (Wildman–Crippen MR) is 122 cm³/mol. The van der Waals surface area contributed by atoms with Gasteiger partial charge in [0.25, 0.3) is 0 Å². The van der Waals surface area contributed by atoms with Crippen molar-refractivity contribution in [2.45, 2.75) is 42.4 Å². The molecule has 0 unspecified atom stereocenters. The maximum atomic E-state index is 15.0. The Bertz CT molecular complexity index is 1230. The van der Waals surface area contributed by atoms with Crippen molar-refractivity contribution in [3.63, 3.8) is 0 Å². The van der Waals surface area contributed by atoms with Crippen LogP contribution in [0.4, 0.5) is 26.3 Å². The number of fused-ring (bicyclic) bond motifs is 1. The van der Waals surface area contributed by atoms with Crippen molar-refractivity contribution in [3.05, 3.63) is 53.0 Å². The number of rotatable bonds is 10. The number of amidine groups is 1. The van der Waals surface area contributed by atoms with E-state index in [4.69, 9.17) is 10.5 Å². The molecule has 0 saturated heterocycles. The summed E-state index contributed by atoms with van der Waals surface area (Å²) in [7, 11) is 1.54. The second-order valence-electron chi connectivity index (χ2n) is 9.08. The summed E-state index contributed by atoms with van der Waals surface area (Å²) in [5.41, 5.74) is 4.71. The van der Waals surface area contributed by atoms with E-state index in [1.807, 2.05) is 0 Å². The lowest BCUT2D eigenvalue weighted by molar-refractivity contribution is -0.148. The van der Waals surface area contributed by atoms with Gasteiger partial charge in [0.1, 0.15) is 5.69 Å². The maximum absolute atomic E-state index is 15.0. The van der Waals surface area contributed by atoms with Gasteiger partial charge in [0, 0.05) is 25.0 Å². The molecule has 1 aromatic carbocycles. The summed E-state index contributed by atoms with van der Waals surface area (Å²) in [6.07, 6.45) is -1.95. The lowest BCUT2D eigenvalue weighted by atomic mass is 9.84. The smallest absolute Gasteiger partial charge is 0.340 e. The van der Waals surface area contributed by atoms with Gasteiger partial charge in [-0.2, -0.15) is 8.78 Å². The van der Waals surface area contributed by atoms with Gasteiger partial charge in [0.2, 0.25) is 5.88 Å². The van der Waals surface area contributed by atoms with Gasteiger partial charge in [-0.1, -0.05) is 11.8 Å². The van der Waals surface area contributed by atoms with E-state index >= 15 is 4.39 Å². The van der Waals surface area contributed by atoms with E-state index < -0.39 is 52.5 Å². The fourth-order valence-electron chi connectivity index (χ4n) is 4.49. The van der Waals surface area contributed by atoms with Gasteiger partial charge in [0.05, 0.1) is 29.3 Å². The molecule has 0 bridgehead atoms. The summed E-state index contributed by atoms with van der Waals surface area (Å²) in [4.78, 5) is 24.5. The first-order valence-corrected chi connectivity index (χ1v) is 11.8. The first-order valence-electron chi connectivity index (χ1n) is 11.0. The van der Waals surface area contributed by atoms with Crippen molar-refractivity contribution < 1.29 is 40.6 Å². The third kappa shape index (κ3) is 5.26. The van der Waals surface area contributed by atoms with E-state index in [0.29, 0.717) is 13.0 Å². The van der Waals surface area contributed by atoms with Crippen molar-refractivity contribution in [3.8, 4) is 5.88 Å². The van der Waals surface area contributed by atoms with Crippen molar-refractivity contribution >= 4 is 22.7 Å². The third-order valence-electron chi connectivity index (χ3n) is 6.39. The molecule has 1 aliphatic carbocycles. The molecule has 3 atom stereocenters. The quantitative estimate of drug-likeness (QED) is 0.352. The third-order valence-corrected chi connectivity index (χ3v) is 7.66. The molecule has 14 heteroatoms. The minimum Gasteiger partial charge on any atom is -0.470 e. The molecule has 0 radical (unpaired) electrons. The van der Waals surface area contributed by atoms with E-state index in [1.165, 1.54) is 24.9 Å². The van der Waals surface area contributed by atoms with Crippen LogP contribution in [0.25, 0.3) is 0 Å². The number of alkyl halides is 4. The zero-order chi connectivity index (χ0) is 27.2. The van der Waals surface area contributed by atoms with Crippen LogP contribution >= 0.6 is 11.8 Å². The molecule has 2 aliphatic rings. The molecule has 2 N–H and O–H groups in total. The Morgan fingerprint density at radius 1 is 1.27 bits per heavy atom. The highest BCUT2D eigenvalue weighted by atomic mass is 32.2. The van der Waals surface area contributed by atoms with Crippen LogP contribution in [0, 0.1) is 17.6 Å². The summed E-state index contributed by atoms with van der Waals surface area (Å²) >= 11 is 1.34. The van der Waals surface area contributed by atoms with Crippen LogP contribution in [0.15, 0.2) is 29.5 Å². The van der Waals surface area contributed by atoms with Gasteiger partial charge < -0.3 is 15.2 Å². The van der Waals surface area contributed by atoms with E-state index in [9.17, 15) is 26.7 Å². The normalized spacial score (nSPS) is 25.0. The number of Topliss-reactive ketones (excluding diaryl/α,β-unsaturated/α-hetero) is 1. The molecule has 1 aromatic heterocycles. The Labute approximate surface area is 211 Å². The fraction of sp³-hybridized carbons (Fsp3) is 0.478. The van der Waals surface area contributed by atoms with Crippen molar-refractivity contribution in [1.82, 2.24) is 9.97 Å². The molecule has 0 amide bonds. The predicted octanol–water partition coefficient (Wildman–Crippen LogP) is 4.14. The second kappa shape index (κ2) is 9.78. The number of ketones is 1. The monoisotopic (exact) mass is 548 g/mol. The van der Waals surface area contributed by atoms with Crippen LogP contribution in [0.1, 0.15) is 35.0 Å². The molecule has 4 rings (SSSR count). The number of hydrogen-bond acceptors (Lipinski definition) is 8. The highest BCUT2D eigenvalue weighted by molar-refractivity contribution is 8.15. The number of benzene rings is 1. The van der Waals surface area contributed by atoms with Crippen LogP contribution < -0.4 is 10.5 Å². The number of halogens is 6. The molecular weight excluding hydrogens is 526 g/mol. The number of nitrogens with zero attached hydrogens (tertiary/aromatic N) is 3. The maximum Gasteiger partial charge on any atom is 0.340 e. The SMILES string of the molecule is COC[C@]12C[C@H]1[C@@](C)(c1cc(CC(=O)c3cnc(OCC(F)(F)C(F)F)cn3)cc(F)c1F)N=C(N)S2. The summed E-state index contributed by atoms with van der Waals surface area (Å²) < 4.78 is 89.5. The standard InChI is InChI=1S/C23H22F6N4O3S/c1-21(16-6-22(16,9-35-2)37-20(30)33-21)12-3-11(4-13(24)18(12)25)5-15(34)14-7-32-17(8-31-14)36-10-23(28,29)19(26)27/h3-4,7-8,16,19H,5-6,9-10H2,1-2H3,(H2,30,33)/t16-,21+,22+/m0/s1. The van der Waals surface area contributed by atoms with Gasteiger partial charge in [-0.3, -0.25) is 9.79 Å². The fourth-order valence-corrected chi connectivity index (χ4v) is 5.94. The zero-order valence-electron chi connectivity index (χ0n) is 19.6. The Morgan fingerprint density at radius 2 is 2.00 bits per heavy atom. The summed E-state index contributed by atoms with van der Waals surface area (Å²) in [5.74, 6) is -7.94. The molecular formula is C23H22F6N4O3S. The number of carbonyl (C=O) groups is 1. The topological polar surface area (TPSA) is 99.7 Å². The lowest BCUT2D eigenvalue weighted by Gasteiger charge is -2.34. The molecule has 1 aliphatic heterocycles. The summed E-state index contributed by atoms with van der Waals surface area (Å²) in [5, 5.41) is 0.221. The van der Waals surface area contributed by atoms with Crippen LogP contribution in [0.2, 0.25) is 0 Å². The highest BCUT2D eigenvalue weighted by Crippen LogP contribution is 2.66. The molecule has 1 fully saturated rings. The minimum absolute atomic E-state index is 0.0451. The van der Waals surface area contributed by atoms with Gasteiger partial charge in [-0.25, -0.2) is 27.5 Å². The number of methoxy groups -OCH3 is 1. The number of hydrogen-bond donors (Lipinski definition) is 1. The zero-order valence-corrected chi connectivity index (χ0v) is 20.4. The minimum atomic E-state index is -4.38. The molecule has 2 aromatic rings. The van der Waals surface area contributed by atoms with Crippen LogP contribution in [-0.4, -0.2) is 58.3 Å². The molecule has 2 heterocycles. The molecule has 1 saturated carbocycles. The van der Waals surface area contributed by atoms with Crippen LogP contribution in [0.3, 0.4) is 0 Å². The van der Waals surface area contributed by atoms with Crippen molar-refractivity contribution in [2.24, 2.45) is 16.6 Å². The first-order chi connectivity index (χ1) is 17.3. The largest absolute Gasteiger partial charge is 0.470 e. The Hall–Kier alpha value is -2.87. The lowest BCUT2D eigenvalue weighted by Crippen LogP contribution is -2.38. The van der Waals surface area contributed by atoms with Crippen molar-refractivity contribution in [1.29, 1.82) is 0 Å². The number of nitrogens with two attached hydrogens (primary N) is 1. The molecule has 7 nitrogen and oxygen atoms in total. The van der Waals surface area contributed by atoms with Gasteiger partial charge in [-0.15, -0.1) is 0 Å². The van der Waals surface area contributed by atoms with Crippen LogP contribution in [-0.2, 0) is 16.7 Å². The highest BCUT2D eigenvalue weighted by Gasteiger charge is 2.66. The Kier molecular flexibility index (Phi) is 7.18. The molecule has 37 heavy (non-hydrogen) atoms. The van der Waals surface area contributed by atoms with Crippen LogP contribution in [0.5, 0.6) is 5.88 Å². The van der Waals surface area contributed by atoms with Gasteiger partial charge >= 0.3 is 12.3 Å². The average Bonchev–Trinajstić information content (AvgIpc) is 3.55. The van der Waals surface area contributed by atoms with E-state index in [1.54, 1.807) is 6.92 Å². The molecule has 0 spiro atoms. The van der Waals surface area contributed by atoms with Crippen molar-refractivity contribution in [2.75, 3.05) is 20.3 Å². The van der Waals surface area contributed by atoms with E-state index in [-0.39, 0.29) is 34.3 Å². The summed E-state index contributed by atoms with van der Waals surface area (Å²) in [6.45, 7) is 0.392. The number of ether oxygens (including phenoxy) is 2. The van der Waals surface area contributed by atoms with E-state index in [2.05, 4.69) is 19.7 Å². The average molecular weight is 549 g/mol. The van der Waals surface area contributed by atoms with E-state index in [0.717, 1.165) is 18.5 Å². The number of carbonyl (C=O) groups excluding carboxylic acids is 1. The van der Waals surface area contributed by atoms with Gasteiger partial charge in [-0.05, 0) is 31.0 Å². The number of thioether (sulfide) groups is 1. The molecule has 200 valence electrons. The van der Waals surface area contributed by atoms with Gasteiger partial charge in [0.15, 0.2) is 29.2 Å². The first kappa shape index (κ1) is 27.2.